The van der Waals surface area contributed by atoms with E-state index < -0.39 is 5.97 Å². The van der Waals surface area contributed by atoms with Crippen molar-refractivity contribution in [1.29, 1.82) is 0 Å². The van der Waals surface area contributed by atoms with Crippen LogP contribution in [-0.2, 0) is 6.42 Å². The number of hydrogen-bond acceptors (Lipinski definition) is 3. The van der Waals surface area contributed by atoms with E-state index in [9.17, 15) is 4.79 Å². The largest absolute Gasteiger partial charge is 0.478 e. The van der Waals surface area contributed by atoms with Crippen LogP contribution in [0.15, 0.2) is 18.2 Å². The molecule has 1 aromatic carbocycles. The van der Waals surface area contributed by atoms with Crippen LogP contribution < -0.4 is 0 Å². The van der Waals surface area contributed by atoms with Crippen molar-refractivity contribution in [3.63, 3.8) is 0 Å². The van der Waals surface area contributed by atoms with Crippen molar-refractivity contribution in [1.82, 2.24) is 15.2 Å². The van der Waals surface area contributed by atoms with E-state index in [1.807, 2.05) is 13.0 Å². The highest BCUT2D eigenvalue weighted by Crippen LogP contribution is 2.19. The maximum atomic E-state index is 11.0. The molecule has 1 heterocycles. The summed E-state index contributed by atoms with van der Waals surface area (Å²) in [4.78, 5) is 15.3. The molecule has 5 heteroatoms. The van der Waals surface area contributed by atoms with E-state index >= 15 is 0 Å². The van der Waals surface area contributed by atoms with Gasteiger partial charge in [0.1, 0.15) is 5.82 Å². The number of rotatable bonds is 3. The normalized spacial score (nSPS) is 10.5. The second-order valence-corrected chi connectivity index (χ2v) is 3.79. The van der Waals surface area contributed by atoms with Gasteiger partial charge in [0, 0.05) is 12.0 Å². The van der Waals surface area contributed by atoms with Gasteiger partial charge in [0.05, 0.1) is 5.56 Å². The minimum atomic E-state index is -0.935. The number of carboxylic acid groups (broad SMARTS) is 1. The molecule has 2 N–H and O–H groups in total. The van der Waals surface area contributed by atoms with E-state index in [1.165, 1.54) is 0 Å². The summed E-state index contributed by atoms with van der Waals surface area (Å²) in [7, 11) is 0. The summed E-state index contributed by atoms with van der Waals surface area (Å²) < 4.78 is 0. The van der Waals surface area contributed by atoms with Gasteiger partial charge in [-0.2, -0.15) is 5.10 Å². The monoisotopic (exact) mass is 231 g/mol. The Bertz CT molecular complexity index is 561. The first-order valence-electron chi connectivity index (χ1n) is 5.37. The molecule has 0 aliphatic heterocycles. The fourth-order valence-corrected chi connectivity index (χ4v) is 1.57. The Hall–Kier alpha value is -2.17. The van der Waals surface area contributed by atoms with Crippen molar-refractivity contribution >= 4 is 5.97 Å². The van der Waals surface area contributed by atoms with Crippen LogP contribution in [0.2, 0.25) is 0 Å². The lowest BCUT2D eigenvalue weighted by Gasteiger charge is -2.02. The van der Waals surface area contributed by atoms with Crippen LogP contribution in [0.3, 0.4) is 0 Å². The highest BCUT2D eigenvalue weighted by atomic mass is 16.4. The summed E-state index contributed by atoms with van der Waals surface area (Å²) >= 11 is 0. The van der Waals surface area contributed by atoms with Crippen LogP contribution in [0.1, 0.15) is 28.7 Å². The number of carboxylic acids is 1. The summed E-state index contributed by atoms with van der Waals surface area (Å²) in [6.07, 6.45) is 0.769. The number of aryl methyl sites for hydroxylation is 2. The number of aromatic carboxylic acids is 1. The molecule has 0 radical (unpaired) electrons. The number of aromatic nitrogens is 3. The molecule has 0 aliphatic rings. The lowest BCUT2D eigenvalue weighted by Crippen LogP contribution is -2.00. The maximum absolute atomic E-state index is 11.0. The molecule has 0 amide bonds. The van der Waals surface area contributed by atoms with Gasteiger partial charge in [-0.15, -0.1) is 0 Å². The molecule has 5 nitrogen and oxygen atoms in total. The minimum Gasteiger partial charge on any atom is -0.478 e. The zero-order valence-corrected chi connectivity index (χ0v) is 9.69. The van der Waals surface area contributed by atoms with E-state index in [-0.39, 0.29) is 5.56 Å². The van der Waals surface area contributed by atoms with Crippen molar-refractivity contribution < 1.29 is 9.90 Å². The zero-order valence-electron chi connectivity index (χ0n) is 9.69. The molecule has 0 fully saturated rings. The smallest absolute Gasteiger partial charge is 0.335 e. The molecule has 1 aromatic heterocycles. The van der Waals surface area contributed by atoms with Crippen LogP contribution in [0, 0.1) is 6.92 Å². The first kappa shape index (κ1) is 11.3. The molecule has 0 unspecified atom stereocenters. The van der Waals surface area contributed by atoms with Crippen molar-refractivity contribution in [3.05, 3.63) is 35.2 Å². The van der Waals surface area contributed by atoms with Crippen molar-refractivity contribution in [2.75, 3.05) is 0 Å². The van der Waals surface area contributed by atoms with E-state index in [1.54, 1.807) is 19.1 Å². The highest BCUT2D eigenvalue weighted by molar-refractivity contribution is 5.90. The Kier molecular flexibility index (Phi) is 2.91. The van der Waals surface area contributed by atoms with Crippen LogP contribution in [0.25, 0.3) is 11.4 Å². The van der Waals surface area contributed by atoms with Gasteiger partial charge < -0.3 is 5.11 Å². The fraction of sp³-hybridized carbons (Fsp3) is 0.250. The predicted octanol–water partition coefficient (Wildman–Crippen LogP) is 2.04. The quantitative estimate of drug-likeness (QED) is 0.847. The van der Waals surface area contributed by atoms with E-state index in [0.717, 1.165) is 17.8 Å². The number of H-pyrrole nitrogens is 1. The third-order valence-corrected chi connectivity index (χ3v) is 2.59. The molecule has 2 rings (SSSR count). The zero-order chi connectivity index (χ0) is 12.4. The van der Waals surface area contributed by atoms with E-state index in [4.69, 9.17) is 5.11 Å². The van der Waals surface area contributed by atoms with E-state index in [2.05, 4.69) is 15.2 Å². The predicted molar refractivity (Wildman–Crippen MR) is 62.9 cm³/mol. The third kappa shape index (κ3) is 2.18. The molecule has 0 spiro atoms. The van der Waals surface area contributed by atoms with Crippen molar-refractivity contribution in [2.24, 2.45) is 0 Å². The molecule has 0 atom stereocenters. The minimum absolute atomic E-state index is 0.283. The fourth-order valence-electron chi connectivity index (χ4n) is 1.57. The molecular formula is C12H13N3O2. The van der Waals surface area contributed by atoms with Gasteiger partial charge >= 0.3 is 5.97 Å². The molecule has 2 aromatic rings. The average molecular weight is 231 g/mol. The van der Waals surface area contributed by atoms with Crippen LogP contribution in [-0.4, -0.2) is 26.3 Å². The van der Waals surface area contributed by atoms with Gasteiger partial charge in [-0.25, -0.2) is 9.78 Å². The number of nitrogens with one attached hydrogen (secondary N) is 1. The Morgan fingerprint density at radius 2 is 2.24 bits per heavy atom. The first-order chi connectivity index (χ1) is 8.11. The van der Waals surface area contributed by atoms with Gasteiger partial charge in [0.25, 0.3) is 0 Å². The van der Waals surface area contributed by atoms with E-state index in [0.29, 0.717) is 11.4 Å². The molecule has 17 heavy (non-hydrogen) atoms. The lowest BCUT2D eigenvalue weighted by molar-refractivity contribution is 0.0696. The van der Waals surface area contributed by atoms with Gasteiger partial charge in [-0.1, -0.05) is 19.1 Å². The number of nitrogens with zero attached hydrogens (tertiary/aromatic N) is 2. The summed E-state index contributed by atoms with van der Waals surface area (Å²) in [5.41, 5.74) is 1.72. The number of aromatic amines is 1. The van der Waals surface area contributed by atoms with Crippen LogP contribution in [0.5, 0.6) is 0 Å². The first-order valence-corrected chi connectivity index (χ1v) is 5.37. The number of carbonyl (C=O) groups is 1. The Labute approximate surface area is 98.5 Å². The number of hydrogen-bond donors (Lipinski definition) is 2. The summed E-state index contributed by atoms with van der Waals surface area (Å²) in [6.45, 7) is 3.74. The average Bonchev–Trinajstić information content (AvgIpc) is 2.78. The second kappa shape index (κ2) is 4.37. The summed E-state index contributed by atoms with van der Waals surface area (Å²) in [5, 5.41) is 15.9. The van der Waals surface area contributed by atoms with Crippen molar-refractivity contribution in [3.8, 4) is 11.4 Å². The van der Waals surface area contributed by atoms with Gasteiger partial charge in [-0.3, -0.25) is 5.10 Å². The maximum Gasteiger partial charge on any atom is 0.335 e. The molecule has 88 valence electrons. The topological polar surface area (TPSA) is 78.9 Å². The number of benzene rings is 1. The standard InChI is InChI=1S/C12H13N3O2/c1-3-10-13-11(15-14-10)8-5-4-7(2)9(6-8)12(16)17/h4-6H,3H2,1-2H3,(H,16,17)(H,13,14,15). The summed E-state index contributed by atoms with van der Waals surface area (Å²) in [5.74, 6) is 0.386. The van der Waals surface area contributed by atoms with Crippen molar-refractivity contribution in [2.45, 2.75) is 20.3 Å². The lowest BCUT2D eigenvalue weighted by atomic mass is 10.0. The van der Waals surface area contributed by atoms with Gasteiger partial charge in [-0.05, 0) is 18.6 Å². The summed E-state index contributed by atoms with van der Waals surface area (Å²) in [6, 6.07) is 5.19. The molecular weight excluding hydrogens is 218 g/mol. The molecule has 0 bridgehead atoms. The van der Waals surface area contributed by atoms with Crippen LogP contribution >= 0.6 is 0 Å². The Morgan fingerprint density at radius 3 is 2.82 bits per heavy atom. The van der Waals surface area contributed by atoms with Gasteiger partial charge in [0.15, 0.2) is 5.82 Å². The molecule has 0 saturated heterocycles. The molecule has 0 saturated carbocycles. The molecule has 0 aliphatic carbocycles. The Balaban J connectivity index is 2.46. The van der Waals surface area contributed by atoms with Gasteiger partial charge in [0.2, 0.25) is 0 Å². The third-order valence-electron chi connectivity index (χ3n) is 2.59. The Morgan fingerprint density at radius 1 is 1.47 bits per heavy atom. The second-order valence-electron chi connectivity index (χ2n) is 3.79. The van der Waals surface area contributed by atoms with Crippen LogP contribution in [0.4, 0.5) is 0 Å². The SMILES string of the molecule is CCc1nc(-c2ccc(C)c(C(=O)O)c2)n[nH]1. The highest BCUT2D eigenvalue weighted by Gasteiger charge is 2.11.